The highest BCUT2D eigenvalue weighted by molar-refractivity contribution is 9.10. The largest absolute Gasteiger partial charge is 0.382 e. The number of anilines is 1. The number of nitrogens with one attached hydrogen (secondary N) is 1. The molecule has 0 atom stereocenters. The van der Waals surface area contributed by atoms with Crippen LogP contribution < -0.4 is 5.73 Å². The Hall–Kier alpha value is -1.29. The number of benzene rings is 1. The van der Waals surface area contributed by atoms with Gasteiger partial charge in [-0.15, -0.1) is 0 Å². The number of nitrogens with two attached hydrogens (primary N) is 1. The predicted octanol–water partition coefficient (Wildman–Crippen LogP) is 3.54. The maximum atomic E-state index is 5.92. The first-order valence-electron chi connectivity index (χ1n) is 5.20. The number of rotatable bonds is 2. The number of nitrogen functional groups attached to an aromatic ring is 1. The smallest absolute Gasteiger partial charge is 0.153 e. The van der Waals surface area contributed by atoms with Crippen molar-refractivity contribution in [2.24, 2.45) is 0 Å². The van der Waals surface area contributed by atoms with Crippen molar-refractivity contribution in [3.05, 3.63) is 34.4 Å². The Morgan fingerprint density at radius 3 is 2.62 bits per heavy atom. The second kappa shape index (κ2) is 4.29. The van der Waals surface area contributed by atoms with E-state index in [2.05, 4.69) is 40.0 Å². The Balaban J connectivity index is 2.64. The summed E-state index contributed by atoms with van der Waals surface area (Å²) in [5, 5.41) is 7.09. The van der Waals surface area contributed by atoms with Gasteiger partial charge in [-0.3, -0.25) is 5.10 Å². The zero-order valence-electron chi connectivity index (χ0n) is 9.29. The van der Waals surface area contributed by atoms with Crippen molar-refractivity contribution >= 4 is 21.7 Å². The van der Waals surface area contributed by atoms with Gasteiger partial charge in [0, 0.05) is 21.3 Å². The van der Waals surface area contributed by atoms with Crippen LogP contribution in [0.5, 0.6) is 0 Å². The number of H-pyrrole nitrogens is 1. The van der Waals surface area contributed by atoms with Gasteiger partial charge in [-0.1, -0.05) is 48.0 Å². The molecular weight excluding hydrogens is 266 g/mol. The molecule has 0 saturated heterocycles. The molecule has 0 aliphatic heterocycles. The zero-order chi connectivity index (χ0) is 11.7. The number of halogens is 1. The molecule has 0 amide bonds. The Kier molecular flexibility index (Phi) is 3.01. The van der Waals surface area contributed by atoms with Crippen molar-refractivity contribution in [2.45, 2.75) is 19.8 Å². The molecule has 0 spiro atoms. The van der Waals surface area contributed by atoms with Crippen molar-refractivity contribution < 1.29 is 0 Å². The fraction of sp³-hybridized carbons (Fsp3) is 0.250. The third kappa shape index (κ3) is 1.85. The van der Waals surface area contributed by atoms with Gasteiger partial charge in [0.05, 0.1) is 0 Å². The van der Waals surface area contributed by atoms with Crippen LogP contribution in [-0.2, 0) is 0 Å². The molecule has 4 heteroatoms. The lowest BCUT2D eigenvalue weighted by molar-refractivity contribution is 0.812. The van der Waals surface area contributed by atoms with Gasteiger partial charge < -0.3 is 5.73 Å². The summed E-state index contributed by atoms with van der Waals surface area (Å²) in [4.78, 5) is 0. The van der Waals surface area contributed by atoms with Crippen LogP contribution in [0.3, 0.4) is 0 Å². The van der Waals surface area contributed by atoms with Gasteiger partial charge in [0.25, 0.3) is 0 Å². The Bertz CT molecular complexity index is 503. The van der Waals surface area contributed by atoms with Crippen LogP contribution in [-0.4, -0.2) is 10.2 Å². The van der Waals surface area contributed by atoms with E-state index in [0.29, 0.717) is 11.7 Å². The molecule has 0 bridgehead atoms. The van der Waals surface area contributed by atoms with E-state index in [1.165, 1.54) is 0 Å². The summed E-state index contributed by atoms with van der Waals surface area (Å²) < 4.78 is 1.03. The van der Waals surface area contributed by atoms with Crippen LogP contribution >= 0.6 is 15.9 Å². The molecule has 0 aliphatic rings. The number of nitrogens with zero attached hydrogens (tertiary/aromatic N) is 1. The molecule has 2 rings (SSSR count). The highest BCUT2D eigenvalue weighted by Gasteiger charge is 2.16. The van der Waals surface area contributed by atoms with E-state index in [1.54, 1.807) is 0 Å². The van der Waals surface area contributed by atoms with E-state index >= 15 is 0 Å². The first-order valence-corrected chi connectivity index (χ1v) is 5.99. The number of hydrogen-bond acceptors (Lipinski definition) is 2. The molecule has 1 heterocycles. The number of aromatic amines is 1. The Labute approximate surface area is 103 Å². The minimum absolute atomic E-state index is 0.368. The van der Waals surface area contributed by atoms with E-state index in [0.717, 1.165) is 21.3 Å². The maximum Gasteiger partial charge on any atom is 0.153 e. The van der Waals surface area contributed by atoms with Gasteiger partial charge in [-0.2, -0.15) is 5.10 Å². The monoisotopic (exact) mass is 279 g/mol. The molecule has 3 nitrogen and oxygen atoms in total. The Morgan fingerprint density at radius 1 is 1.31 bits per heavy atom. The minimum atomic E-state index is 0.368. The lowest BCUT2D eigenvalue weighted by atomic mass is 9.99. The van der Waals surface area contributed by atoms with Crippen LogP contribution in [0, 0.1) is 0 Å². The molecule has 2 aromatic rings. The number of aromatic nitrogens is 2. The molecule has 0 radical (unpaired) electrons. The van der Waals surface area contributed by atoms with Crippen LogP contribution in [0.25, 0.3) is 11.1 Å². The normalized spacial score (nSPS) is 11.0. The molecule has 0 aliphatic carbocycles. The summed E-state index contributed by atoms with van der Waals surface area (Å²) in [5.74, 6) is 0.919. The second-order valence-corrected chi connectivity index (χ2v) is 4.89. The number of hydrogen-bond donors (Lipinski definition) is 2. The minimum Gasteiger partial charge on any atom is -0.382 e. The summed E-state index contributed by atoms with van der Waals surface area (Å²) >= 11 is 3.54. The van der Waals surface area contributed by atoms with Gasteiger partial charge in [-0.05, 0) is 12.0 Å². The highest BCUT2D eigenvalue weighted by atomic mass is 79.9. The Morgan fingerprint density at radius 2 is 2.00 bits per heavy atom. The van der Waals surface area contributed by atoms with Gasteiger partial charge >= 0.3 is 0 Å². The first kappa shape index (κ1) is 11.2. The van der Waals surface area contributed by atoms with Crippen LogP contribution in [0.1, 0.15) is 25.5 Å². The summed E-state index contributed by atoms with van der Waals surface area (Å²) in [6.45, 7) is 4.24. The highest BCUT2D eigenvalue weighted by Crippen LogP contribution is 2.36. The molecule has 0 unspecified atom stereocenters. The average Bonchev–Trinajstić information content (AvgIpc) is 2.61. The first-order chi connectivity index (χ1) is 7.61. The topological polar surface area (TPSA) is 54.7 Å². The van der Waals surface area contributed by atoms with E-state index in [4.69, 9.17) is 5.73 Å². The SMILES string of the molecule is CC(C)c1[nH]nc(N)c1-c1ccccc1Br. The standard InChI is InChI=1S/C12H14BrN3/c1-7(2)11-10(12(14)16-15-11)8-5-3-4-6-9(8)13/h3-7H,1-2H3,(H3,14,15,16). The van der Waals surface area contributed by atoms with Crippen molar-refractivity contribution in [3.63, 3.8) is 0 Å². The molecular formula is C12H14BrN3. The average molecular weight is 280 g/mol. The summed E-state index contributed by atoms with van der Waals surface area (Å²) in [7, 11) is 0. The van der Waals surface area contributed by atoms with Crippen molar-refractivity contribution in [3.8, 4) is 11.1 Å². The molecule has 1 aromatic heterocycles. The predicted molar refractivity (Wildman–Crippen MR) is 70.2 cm³/mol. The fourth-order valence-electron chi connectivity index (χ4n) is 1.74. The quantitative estimate of drug-likeness (QED) is 0.884. The molecule has 0 saturated carbocycles. The van der Waals surface area contributed by atoms with Gasteiger partial charge in [-0.25, -0.2) is 0 Å². The third-order valence-corrected chi connectivity index (χ3v) is 3.23. The lowest BCUT2D eigenvalue weighted by Crippen LogP contribution is -1.93. The van der Waals surface area contributed by atoms with Gasteiger partial charge in [0.2, 0.25) is 0 Å². The van der Waals surface area contributed by atoms with Crippen molar-refractivity contribution in [2.75, 3.05) is 5.73 Å². The third-order valence-electron chi connectivity index (χ3n) is 2.54. The van der Waals surface area contributed by atoms with Crippen molar-refractivity contribution in [1.82, 2.24) is 10.2 Å². The summed E-state index contributed by atoms with van der Waals surface area (Å²) in [6, 6.07) is 8.03. The summed E-state index contributed by atoms with van der Waals surface area (Å²) in [5.41, 5.74) is 9.07. The second-order valence-electron chi connectivity index (χ2n) is 4.03. The van der Waals surface area contributed by atoms with Crippen LogP contribution in [0.2, 0.25) is 0 Å². The zero-order valence-corrected chi connectivity index (χ0v) is 10.9. The molecule has 3 N–H and O–H groups in total. The maximum absolute atomic E-state index is 5.92. The van der Waals surface area contributed by atoms with E-state index in [9.17, 15) is 0 Å². The van der Waals surface area contributed by atoms with Gasteiger partial charge in [0.15, 0.2) is 5.82 Å². The van der Waals surface area contributed by atoms with E-state index < -0.39 is 0 Å². The van der Waals surface area contributed by atoms with Gasteiger partial charge in [0.1, 0.15) is 0 Å². The van der Waals surface area contributed by atoms with Crippen molar-refractivity contribution in [1.29, 1.82) is 0 Å². The molecule has 16 heavy (non-hydrogen) atoms. The van der Waals surface area contributed by atoms with E-state index in [1.807, 2.05) is 24.3 Å². The molecule has 1 aromatic carbocycles. The van der Waals surface area contributed by atoms with E-state index in [-0.39, 0.29) is 0 Å². The van der Waals surface area contributed by atoms with Crippen LogP contribution in [0.4, 0.5) is 5.82 Å². The summed E-state index contributed by atoms with van der Waals surface area (Å²) in [6.07, 6.45) is 0. The lowest BCUT2D eigenvalue weighted by Gasteiger charge is -2.08. The molecule has 0 fully saturated rings. The fourth-order valence-corrected chi connectivity index (χ4v) is 2.22. The molecule has 84 valence electrons. The van der Waals surface area contributed by atoms with Crippen LogP contribution in [0.15, 0.2) is 28.7 Å².